The summed E-state index contributed by atoms with van der Waals surface area (Å²) in [5.74, 6) is 0. The molecule has 0 saturated carbocycles. The van der Waals surface area contributed by atoms with Crippen LogP contribution in [0, 0.1) is 0 Å². The molecule has 244 valence electrons. The Morgan fingerprint density at radius 1 is 0.462 bits per heavy atom. The number of hydrogen-bond donors (Lipinski definition) is 0. The zero-order valence-corrected chi connectivity index (χ0v) is 28.3. The number of hydrogen-bond acceptors (Lipinski definition) is 9. The number of anilines is 3. The van der Waals surface area contributed by atoms with Gasteiger partial charge in [-0.2, -0.15) is 0 Å². The van der Waals surface area contributed by atoms with E-state index in [1.807, 2.05) is 24.7 Å². The highest BCUT2D eigenvalue weighted by atomic mass is 32.1. The van der Waals surface area contributed by atoms with E-state index < -0.39 is 0 Å². The molecule has 0 bridgehead atoms. The molecule has 8 nitrogen and oxygen atoms in total. The summed E-state index contributed by atoms with van der Waals surface area (Å²) in [6.45, 7) is 0. The molecule has 10 rings (SSSR count). The van der Waals surface area contributed by atoms with Crippen molar-refractivity contribution in [2.24, 2.45) is 0 Å². The Bertz CT molecular complexity index is 2780. The van der Waals surface area contributed by atoms with E-state index in [4.69, 9.17) is 4.98 Å². The molecule has 0 fully saturated rings. The second-order valence-corrected chi connectivity index (χ2v) is 13.4. The molecule has 0 spiro atoms. The van der Waals surface area contributed by atoms with Crippen LogP contribution in [0.4, 0.5) is 17.1 Å². The van der Waals surface area contributed by atoms with Crippen LogP contribution in [-0.2, 0) is 0 Å². The van der Waals surface area contributed by atoms with Crippen molar-refractivity contribution in [3.63, 3.8) is 0 Å². The van der Waals surface area contributed by atoms with Gasteiger partial charge in [0.25, 0.3) is 0 Å². The number of benzene rings is 5. The van der Waals surface area contributed by atoms with Crippen LogP contribution in [-0.4, -0.2) is 34.9 Å². The molecule has 0 aliphatic heterocycles. The number of fused-ring (bicyclic) bond motifs is 5. The van der Waals surface area contributed by atoms with E-state index in [9.17, 15) is 0 Å². The minimum absolute atomic E-state index is 0.904. The van der Waals surface area contributed by atoms with Gasteiger partial charge in [-0.1, -0.05) is 60.7 Å². The fourth-order valence-corrected chi connectivity index (χ4v) is 7.85. The van der Waals surface area contributed by atoms with Crippen molar-refractivity contribution in [2.75, 3.05) is 4.90 Å². The van der Waals surface area contributed by atoms with Crippen LogP contribution in [0.2, 0.25) is 0 Å². The number of pyridine rings is 1. The van der Waals surface area contributed by atoms with Crippen molar-refractivity contribution in [3.05, 3.63) is 159 Å². The van der Waals surface area contributed by atoms with E-state index in [0.29, 0.717) is 0 Å². The van der Waals surface area contributed by atoms with Gasteiger partial charge in [0.2, 0.25) is 0 Å². The summed E-state index contributed by atoms with van der Waals surface area (Å²) in [7, 11) is 0. The van der Waals surface area contributed by atoms with E-state index in [2.05, 4.69) is 150 Å². The molecule has 5 aromatic carbocycles. The van der Waals surface area contributed by atoms with Gasteiger partial charge in [0.1, 0.15) is 23.8 Å². The fraction of sp³-hybridized carbons (Fsp3) is 0. The molecule has 0 N–H and O–H groups in total. The van der Waals surface area contributed by atoms with Gasteiger partial charge in [0.05, 0.1) is 26.9 Å². The second kappa shape index (κ2) is 12.4. The summed E-state index contributed by atoms with van der Waals surface area (Å²) < 4.78 is 1.03. The van der Waals surface area contributed by atoms with Crippen LogP contribution in [0.1, 0.15) is 0 Å². The smallest absolute Gasteiger partial charge is 0.126 e. The van der Waals surface area contributed by atoms with Crippen LogP contribution in [0.15, 0.2) is 159 Å². The standard InChI is InChI=1S/C43H26N8S/c1-2-37-41-42(52-43(37)46-19-1)40(49-26-50-41)29-11-17-36(18-12-29)51(34-13-7-27(8-14-34)30-3-5-32-22-44-24-47-38(32)20-30)35-15-9-28(10-16-35)31-4-6-33-23-45-25-48-39(33)21-31/h1-26H. The minimum Gasteiger partial charge on any atom is -0.311 e. The van der Waals surface area contributed by atoms with Gasteiger partial charge in [0, 0.05) is 57.4 Å². The van der Waals surface area contributed by atoms with Gasteiger partial charge in [-0.3, -0.25) is 0 Å². The Morgan fingerprint density at radius 2 is 1.00 bits per heavy atom. The molecule has 5 aromatic heterocycles. The first kappa shape index (κ1) is 29.9. The van der Waals surface area contributed by atoms with E-state index in [1.54, 1.807) is 30.3 Å². The Balaban J connectivity index is 1.04. The van der Waals surface area contributed by atoms with Gasteiger partial charge in [-0.25, -0.2) is 34.9 Å². The molecule has 0 atom stereocenters. The molecule has 5 heterocycles. The third-order valence-electron chi connectivity index (χ3n) is 9.36. The number of nitrogens with zero attached hydrogens (tertiary/aromatic N) is 8. The monoisotopic (exact) mass is 686 g/mol. The van der Waals surface area contributed by atoms with Crippen molar-refractivity contribution >= 4 is 70.6 Å². The summed E-state index contributed by atoms with van der Waals surface area (Å²) in [5, 5.41) is 3.09. The maximum atomic E-state index is 4.72. The van der Waals surface area contributed by atoms with Crippen LogP contribution in [0.5, 0.6) is 0 Å². The highest BCUT2D eigenvalue weighted by molar-refractivity contribution is 7.25. The molecule has 52 heavy (non-hydrogen) atoms. The molecule has 9 heteroatoms. The lowest BCUT2D eigenvalue weighted by molar-refractivity contribution is 1.22. The van der Waals surface area contributed by atoms with E-state index in [-0.39, 0.29) is 0 Å². The molecule has 0 amide bonds. The largest absolute Gasteiger partial charge is 0.311 e. The van der Waals surface area contributed by atoms with Crippen molar-refractivity contribution in [1.29, 1.82) is 0 Å². The first-order valence-corrected chi connectivity index (χ1v) is 17.6. The van der Waals surface area contributed by atoms with E-state index in [1.165, 1.54) is 0 Å². The summed E-state index contributed by atoms with van der Waals surface area (Å²) in [6.07, 6.45) is 10.3. The molecule has 0 saturated heterocycles. The molecule has 10 aromatic rings. The van der Waals surface area contributed by atoms with Gasteiger partial charge in [-0.15, -0.1) is 11.3 Å². The lowest BCUT2D eigenvalue weighted by atomic mass is 10.0. The summed E-state index contributed by atoms with van der Waals surface area (Å²) in [6, 6.07) is 42.5. The topological polar surface area (TPSA) is 93.5 Å². The predicted molar refractivity (Wildman–Crippen MR) is 210 cm³/mol. The number of rotatable bonds is 6. The zero-order valence-electron chi connectivity index (χ0n) is 27.5. The van der Waals surface area contributed by atoms with Gasteiger partial charge in [-0.05, 0) is 82.9 Å². The van der Waals surface area contributed by atoms with Crippen molar-refractivity contribution < 1.29 is 0 Å². The van der Waals surface area contributed by atoms with Crippen molar-refractivity contribution in [3.8, 4) is 33.5 Å². The summed E-state index contributed by atoms with van der Waals surface area (Å²) >= 11 is 1.63. The van der Waals surface area contributed by atoms with Crippen LogP contribution in [0.25, 0.3) is 75.8 Å². The fourth-order valence-electron chi connectivity index (χ4n) is 6.75. The number of thiophene rings is 1. The van der Waals surface area contributed by atoms with Crippen LogP contribution < -0.4 is 4.90 Å². The predicted octanol–water partition coefficient (Wildman–Crippen LogP) is 10.6. The Labute approximate surface area is 301 Å². The van der Waals surface area contributed by atoms with Crippen LogP contribution in [0.3, 0.4) is 0 Å². The lowest BCUT2D eigenvalue weighted by Gasteiger charge is -2.26. The third kappa shape index (κ3) is 5.28. The SMILES string of the molecule is c1cnc2sc3c(-c4ccc(N(c5ccc(-c6ccc7cncnc7c6)cc5)c5ccc(-c6ccc7cncnc7c6)cc5)cc4)ncnc3c2c1. The van der Waals surface area contributed by atoms with E-state index in [0.717, 1.165) is 92.8 Å². The first-order valence-electron chi connectivity index (χ1n) is 16.7. The third-order valence-corrected chi connectivity index (χ3v) is 10.5. The average molecular weight is 687 g/mol. The maximum absolute atomic E-state index is 4.72. The van der Waals surface area contributed by atoms with E-state index >= 15 is 0 Å². The van der Waals surface area contributed by atoms with Gasteiger partial charge in [0.15, 0.2) is 0 Å². The van der Waals surface area contributed by atoms with Crippen LogP contribution >= 0.6 is 11.3 Å². The Morgan fingerprint density at radius 3 is 1.58 bits per heavy atom. The Kier molecular flexibility index (Phi) is 7.14. The minimum atomic E-state index is 0.904. The average Bonchev–Trinajstić information content (AvgIpc) is 3.61. The summed E-state index contributed by atoms with van der Waals surface area (Å²) in [5.41, 5.74) is 12.2. The quantitative estimate of drug-likeness (QED) is 0.171. The van der Waals surface area contributed by atoms with Crippen molar-refractivity contribution in [2.45, 2.75) is 0 Å². The number of aromatic nitrogens is 7. The molecular formula is C43H26N8S. The normalized spacial score (nSPS) is 11.5. The maximum Gasteiger partial charge on any atom is 0.126 e. The first-order chi connectivity index (χ1) is 25.7. The summed E-state index contributed by atoms with van der Waals surface area (Å²) in [4.78, 5) is 34.4. The lowest BCUT2D eigenvalue weighted by Crippen LogP contribution is -2.09. The molecule has 0 radical (unpaired) electrons. The highest BCUT2D eigenvalue weighted by Crippen LogP contribution is 2.40. The molecule has 0 aliphatic rings. The second-order valence-electron chi connectivity index (χ2n) is 12.4. The van der Waals surface area contributed by atoms with Crippen molar-refractivity contribution in [1.82, 2.24) is 34.9 Å². The molecule has 0 aliphatic carbocycles. The molecular weight excluding hydrogens is 661 g/mol. The molecule has 0 unspecified atom stereocenters. The zero-order chi connectivity index (χ0) is 34.4. The highest BCUT2D eigenvalue weighted by Gasteiger charge is 2.17. The van der Waals surface area contributed by atoms with Gasteiger partial charge >= 0.3 is 0 Å². The van der Waals surface area contributed by atoms with Gasteiger partial charge < -0.3 is 4.90 Å². The Hall–Kier alpha value is -6.97.